The maximum absolute atomic E-state index is 2.36. The lowest BCUT2D eigenvalue weighted by molar-refractivity contribution is 0.348. The first-order valence-corrected chi connectivity index (χ1v) is 9.49. The van der Waals surface area contributed by atoms with Crippen molar-refractivity contribution in [3.8, 4) is 0 Å². The molecule has 23 heavy (non-hydrogen) atoms. The lowest BCUT2D eigenvalue weighted by atomic mass is 10.1. The third kappa shape index (κ3) is 3.47. The van der Waals surface area contributed by atoms with Crippen LogP contribution in [-0.4, -0.2) is 25.0 Å². The summed E-state index contributed by atoms with van der Waals surface area (Å²) in [4.78, 5) is 2.31. The summed E-state index contributed by atoms with van der Waals surface area (Å²) < 4.78 is 0. The summed E-state index contributed by atoms with van der Waals surface area (Å²) in [7, 11) is 3.85. The van der Waals surface area contributed by atoms with Crippen LogP contribution < -0.4 is 10.6 Å². The van der Waals surface area contributed by atoms with E-state index in [-0.39, 0.29) is 0 Å². The summed E-state index contributed by atoms with van der Waals surface area (Å²) in [6, 6.07) is 22.4. The topological polar surface area (TPSA) is 3.24 Å². The molecule has 0 aromatic heterocycles. The van der Waals surface area contributed by atoms with Gasteiger partial charge < -0.3 is 4.90 Å². The Balaban J connectivity index is 2.12. The summed E-state index contributed by atoms with van der Waals surface area (Å²) in [6.45, 7) is 2.31. The Kier molecular flexibility index (Phi) is 5.10. The number of nitrogens with zero attached hydrogens (tertiary/aromatic N) is 1. The van der Waals surface area contributed by atoms with Crippen molar-refractivity contribution in [1.82, 2.24) is 4.90 Å². The fourth-order valence-electron chi connectivity index (χ4n) is 3.00. The van der Waals surface area contributed by atoms with E-state index in [0.29, 0.717) is 6.04 Å². The van der Waals surface area contributed by atoms with Crippen LogP contribution in [0.2, 0.25) is 0 Å². The zero-order valence-electron chi connectivity index (χ0n) is 14.1. The second-order valence-corrected chi connectivity index (χ2v) is 8.35. The summed E-state index contributed by atoms with van der Waals surface area (Å²) in [5.74, 6) is 0. The molecule has 3 rings (SSSR count). The molecule has 0 heterocycles. The summed E-state index contributed by atoms with van der Waals surface area (Å²) in [6.07, 6.45) is 5.76. The number of benzene rings is 2. The van der Waals surface area contributed by atoms with Gasteiger partial charge in [-0.05, 0) is 56.9 Å². The van der Waals surface area contributed by atoms with E-state index in [1.807, 2.05) is 0 Å². The number of likely N-dealkylation sites (N-methyl/N-ethyl adjacent to an activating group) is 1. The zero-order valence-corrected chi connectivity index (χ0v) is 15.0. The second kappa shape index (κ2) is 7.25. The van der Waals surface area contributed by atoms with Gasteiger partial charge in [0.25, 0.3) is 0 Å². The molecule has 0 bridgehead atoms. The van der Waals surface area contributed by atoms with E-state index < -0.39 is 7.92 Å². The fourth-order valence-corrected chi connectivity index (χ4v) is 5.62. The van der Waals surface area contributed by atoms with Crippen molar-refractivity contribution in [3.05, 3.63) is 83.7 Å². The maximum atomic E-state index is 2.36. The van der Waals surface area contributed by atoms with Gasteiger partial charge >= 0.3 is 0 Å². The second-order valence-electron chi connectivity index (χ2n) is 6.16. The standard InChI is InChI=1S/C21H24NP/c1-17(22(2)3)20-15-10-16-21(20)23(18-11-6-4-7-12-18)19-13-8-5-9-14-19/h4-14,16-17H,15H2,1-3H3/t17-/m1/s1. The molecule has 0 saturated heterocycles. The average Bonchev–Trinajstić information content (AvgIpc) is 3.05. The van der Waals surface area contributed by atoms with Crippen LogP contribution in [-0.2, 0) is 0 Å². The van der Waals surface area contributed by atoms with Gasteiger partial charge in [0.05, 0.1) is 0 Å². The van der Waals surface area contributed by atoms with Crippen LogP contribution in [0.25, 0.3) is 0 Å². The molecule has 0 N–H and O–H groups in total. The molecule has 1 nitrogen and oxygen atoms in total. The minimum Gasteiger partial charge on any atom is -0.303 e. The first-order valence-electron chi connectivity index (χ1n) is 8.14. The molecule has 1 aliphatic rings. The van der Waals surface area contributed by atoms with Crippen molar-refractivity contribution in [2.75, 3.05) is 14.1 Å². The van der Waals surface area contributed by atoms with Gasteiger partial charge in [0.2, 0.25) is 0 Å². The third-order valence-electron chi connectivity index (χ3n) is 4.49. The first-order chi connectivity index (χ1) is 11.2. The van der Waals surface area contributed by atoms with Crippen molar-refractivity contribution >= 4 is 18.5 Å². The highest BCUT2D eigenvalue weighted by Gasteiger charge is 2.25. The molecule has 0 radical (unpaired) electrons. The van der Waals surface area contributed by atoms with Gasteiger partial charge in [-0.1, -0.05) is 72.8 Å². The molecule has 0 unspecified atom stereocenters. The molecule has 2 aromatic rings. The monoisotopic (exact) mass is 321 g/mol. The van der Waals surface area contributed by atoms with Crippen LogP contribution in [0.15, 0.2) is 83.7 Å². The van der Waals surface area contributed by atoms with E-state index in [0.717, 1.165) is 6.42 Å². The van der Waals surface area contributed by atoms with Gasteiger partial charge in [0, 0.05) is 6.04 Å². The highest BCUT2D eigenvalue weighted by atomic mass is 31.1. The average molecular weight is 321 g/mol. The first kappa shape index (κ1) is 16.2. The van der Waals surface area contributed by atoms with Crippen molar-refractivity contribution in [1.29, 1.82) is 0 Å². The van der Waals surface area contributed by atoms with E-state index in [1.165, 1.54) is 15.9 Å². The van der Waals surface area contributed by atoms with Crippen molar-refractivity contribution < 1.29 is 0 Å². The molecule has 1 atom stereocenters. The Bertz CT molecular complexity index is 662. The Morgan fingerprint density at radius 2 is 1.39 bits per heavy atom. The third-order valence-corrected chi connectivity index (χ3v) is 7.04. The van der Waals surface area contributed by atoms with Crippen LogP contribution in [0.5, 0.6) is 0 Å². The minimum absolute atomic E-state index is 0.470. The Morgan fingerprint density at radius 3 is 1.87 bits per heavy atom. The molecule has 1 aliphatic carbocycles. The van der Waals surface area contributed by atoms with Crippen LogP contribution in [0.3, 0.4) is 0 Å². The predicted molar refractivity (Wildman–Crippen MR) is 103 cm³/mol. The van der Waals surface area contributed by atoms with Crippen molar-refractivity contribution in [2.45, 2.75) is 19.4 Å². The normalized spacial score (nSPS) is 15.7. The Labute approximate surface area is 141 Å². The van der Waals surface area contributed by atoms with E-state index in [1.54, 1.807) is 5.57 Å². The van der Waals surface area contributed by atoms with Gasteiger partial charge in [-0.2, -0.15) is 0 Å². The van der Waals surface area contributed by atoms with Crippen molar-refractivity contribution in [3.63, 3.8) is 0 Å². The van der Waals surface area contributed by atoms with Crippen molar-refractivity contribution in [2.24, 2.45) is 0 Å². The smallest absolute Gasteiger partial charge is 0.0285 e. The summed E-state index contributed by atoms with van der Waals surface area (Å²) >= 11 is 0. The molecular formula is C21H24NP. The molecule has 0 fully saturated rings. The summed E-state index contributed by atoms with van der Waals surface area (Å²) in [5, 5.41) is 4.39. The Hall–Kier alpha value is -1.69. The molecular weight excluding hydrogens is 297 g/mol. The van der Waals surface area contributed by atoms with Gasteiger partial charge in [-0.15, -0.1) is 0 Å². The van der Waals surface area contributed by atoms with Crippen LogP contribution in [0.4, 0.5) is 0 Å². The quantitative estimate of drug-likeness (QED) is 0.743. The van der Waals surface area contributed by atoms with Gasteiger partial charge in [0.1, 0.15) is 0 Å². The molecule has 118 valence electrons. The molecule has 0 saturated carbocycles. The minimum atomic E-state index is -0.482. The van der Waals surface area contributed by atoms with Gasteiger partial charge in [-0.25, -0.2) is 0 Å². The fraction of sp³-hybridized carbons (Fsp3) is 0.238. The largest absolute Gasteiger partial charge is 0.303 e. The zero-order chi connectivity index (χ0) is 16.2. The Morgan fingerprint density at radius 1 is 0.870 bits per heavy atom. The number of allylic oxidation sites excluding steroid dienone is 3. The SMILES string of the molecule is C[C@H](C1=C(P(c2ccccc2)c2ccccc2)C=CC1)N(C)C. The van der Waals surface area contributed by atoms with E-state index in [9.17, 15) is 0 Å². The lowest BCUT2D eigenvalue weighted by Gasteiger charge is -2.27. The maximum Gasteiger partial charge on any atom is 0.0285 e. The molecule has 2 aromatic carbocycles. The number of rotatable bonds is 5. The lowest BCUT2D eigenvalue weighted by Crippen LogP contribution is -2.27. The highest BCUT2D eigenvalue weighted by molar-refractivity contribution is 7.77. The molecule has 2 heteroatoms. The van der Waals surface area contributed by atoms with E-state index in [4.69, 9.17) is 0 Å². The molecule has 0 amide bonds. The van der Waals surface area contributed by atoms with E-state index >= 15 is 0 Å². The van der Waals surface area contributed by atoms with E-state index in [2.05, 4.69) is 98.7 Å². The van der Waals surface area contributed by atoms with Gasteiger partial charge in [-0.3, -0.25) is 0 Å². The predicted octanol–water partition coefficient (Wildman–Crippen LogP) is 4.28. The van der Waals surface area contributed by atoms with Crippen LogP contribution in [0.1, 0.15) is 13.3 Å². The summed E-state index contributed by atoms with van der Waals surface area (Å²) in [5.41, 5.74) is 1.56. The molecule has 0 spiro atoms. The van der Waals surface area contributed by atoms with Crippen LogP contribution >= 0.6 is 7.92 Å². The highest BCUT2D eigenvalue weighted by Crippen LogP contribution is 2.48. The van der Waals surface area contributed by atoms with Gasteiger partial charge in [0.15, 0.2) is 0 Å². The molecule has 0 aliphatic heterocycles. The number of hydrogen-bond acceptors (Lipinski definition) is 1. The van der Waals surface area contributed by atoms with Crippen LogP contribution in [0, 0.1) is 0 Å². The number of hydrogen-bond donors (Lipinski definition) is 0.